The Morgan fingerprint density at radius 2 is 2.21 bits per heavy atom. The zero-order valence-corrected chi connectivity index (χ0v) is 11.2. The minimum atomic E-state index is -0.530. The lowest BCUT2D eigenvalue weighted by atomic mass is 10.1. The SMILES string of the molecule is CCOC1=CC(=[N+]=[N-])C(OCC)C=C1NOC(C)=O. The van der Waals surface area contributed by atoms with Crippen molar-refractivity contribution in [3.63, 3.8) is 0 Å². The Labute approximate surface area is 111 Å². The van der Waals surface area contributed by atoms with Gasteiger partial charge in [0, 0.05) is 13.5 Å². The number of rotatable bonds is 6. The van der Waals surface area contributed by atoms with E-state index in [1.165, 1.54) is 13.0 Å². The number of ether oxygens (including phenoxy) is 2. The fourth-order valence-electron chi connectivity index (χ4n) is 1.50. The van der Waals surface area contributed by atoms with Gasteiger partial charge in [0.1, 0.15) is 5.70 Å². The maximum absolute atomic E-state index is 10.8. The van der Waals surface area contributed by atoms with Crippen LogP contribution in [0.4, 0.5) is 0 Å². The van der Waals surface area contributed by atoms with Crippen LogP contribution in [0.5, 0.6) is 0 Å². The number of hydrogen-bond donors (Lipinski definition) is 1. The van der Waals surface area contributed by atoms with Crippen LogP contribution in [0.15, 0.2) is 23.6 Å². The van der Waals surface area contributed by atoms with Crippen molar-refractivity contribution in [1.29, 1.82) is 0 Å². The largest absolute Gasteiger partial charge is 0.491 e. The van der Waals surface area contributed by atoms with Crippen LogP contribution in [0, 0.1) is 0 Å². The molecule has 1 atom stereocenters. The second-order valence-electron chi connectivity index (χ2n) is 3.62. The number of carbonyl (C=O) groups excluding carboxylic acids is 1. The van der Waals surface area contributed by atoms with Crippen LogP contribution in [0.25, 0.3) is 5.53 Å². The van der Waals surface area contributed by atoms with Crippen LogP contribution in [-0.2, 0) is 19.1 Å². The monoisotopic (exact) mass is 267 g/mol. The summed E-state index contributed by atoms with van der Waals surface area (Å²) in [6, 6.07) is 0. The second kappa shape index (κ2) is 7.35. The zero-order valence-electron chi connectivity index (χ0n) is 11.2. The molecule has 0 fully saturated rings. The molecule has 0 aliphatic heterocycles. The molecule has 0 radical (unpaired) electrons. The summed E-state index contributed by atoms with van der Waals surface area (Å²) in [6.07, 6.45) is 2.61. The van der Waals surface area contributed by atoms with Crippen LogP contribution in [-0.4, -0.2) is 35.8 Å². The van der Waals surface area contributed by atoms with Gasteiger partial charge in [-0.05, 0) is 19.9 Å². The predicted molar refractivity (Wildman–Crippen MR) is 66.7 cm³/mol. The van der Waals surface area contributed by atoms with E-state index >= 15 is 0 Å². The lowest BCUT2D eigenvalue weighted by Crippen LogP contribution is -2.31. The van der Waals surface area contributed by atoms with Crippen LogP contribution >= 0.6 is 0 Å². The quantitative estimate of drug-likeness (QED) is 0.439. The van der Waals surface area contributed by atoms with Crippen LogP contribution in [0.3, 0.4) is 0 Å². The van der Waals surface area contributed by atoms with Crippen molar-refractivity contribution in [2.24, 2.45) is 0 Å². The standard InChI is InChI=1S/C12H17N3O4/c1-4-17-11-7-10(15-19-8(3)16)12(18-5-2)6-9(11)14-13/h6-7,11,15H,4-5H2,1-3H3. The first-order chi connectivity index (χ1) is 9.12. The first-order valence-corrected chi connectivity index (χ1v) is 5.96. The van der Waals surface area contributed by atoms with E-state index in [1.54, 1.807) is 6.08 Å². The second-order valence-corrected chi connectivity index (χ2v) is 3.62. The molecule has 0 heterocycles. The number of carbonyl (C=O) groups is 1. The highest BCUT2D eigenvalue weighted by Gasteiger charge is 2.29. The molecule has 0 aromatic carbocycles. The molecule has 104 valence electrons. The van der Waals surface area contributed by atoms with Gasteiger partial charge in [0.25, 0.3) is 0 Å². The van der Waals surface area contributed by atoms with E-state index in [1.807, 2.05) is 13.8 Å². The molecule has 0 spiro atoms. The summed E-state index contributed by atoms with van der Waals surface area (Å²) in [5, 5.41) is 0. The Morgan fingerprint density at radius 1 is 1.47 bits per heavy atom. The summed E-state index contributed by atoms with van der Waals surface area (Å²) in [6.45, 7) is 5.78. The molecule has 0 bridgehead atoms. The normalized spacial score (nSPS) is 18.1. The third-order valence-corrected chi connectivity index (χ3v) is 2.22. The van der Waals surface area contributed by atoms with Gasteiger partial charge in [-0.1, -0.05) is 0 Å². The van der Waals surface area contributed by atoms with Gasteiger partial charge in [-0.3, -0.25) is 4.79 Å². The first kappa shape index (κ1) is 14.9. The first-order valence-electron chi connectivity index (χ1n) is 5.96. The third kappa shape index (κ3) is 4.24. The summed E-state index contributed by atoms with van der Waals surface area (Å²) >= 11 is 0. The fraction of sp³-hybridized carbons (Fsp3) is 0.500. The predicted octanol–water partition coefficient (Wildman–Crippen LogP) is 0.948. The highest BCUT2D eigenvalue weighted by molar-refractivity contribution is 5.97. The van der Waals surface area contributed by atoms with E-state index in [2.05, 4.69) is 10.3 Å². The fourth-order valence-corrected chi connectivity index (χ4v) is 1.50. The van der Waals surface area contributed by atoms with Gasteiger partial charge in [0.05, 0.1) is 12.7 Å². The maximum atomic E-state index is 10.8. The molecule has 7 nitrogen and oxygen atoms in total. The van der Waals surface area contributed by atoms with Crippen LogP contribution in [0.1, 0.15) is 20.8 Å². The molecule has 1 aliphatic rings. The average Bonchev–Trinajstić information content (AvgIpc) is 2.38. The van der Waals surface area contributed by atoms with E-state index in [0.29, 0.717) is 30.4 Å². The van der Waals surface area contributed by atoms with Gasteiger partial charge in [0.2, 0.25) is 0 Å². The molecule has 0 saturated carbocycles. The van der Waals surface area contributed by atoms with E-state index in [-0.39, 0.29) is 0 Å². The highest BCUT2D eigenvalue weighted by Crippen LogP contribution is 2.18. The van der Waals surface area contributed by atoms with E-state index < -0.39 is 12.1 Å². The minimum absolute atomic E-state index is 0.318. The lowest BCUT2D eigenvalue weighted by Gasteiger charge is -2.19. The Morgan fingerprint density at radius 3 is 2.74 bits per heavy atom. The van der Waals surface area contributed by atoms with Gasteiger partial charge in [-0.15, -0.1) is 0 Å². The number of hydrogen-bond acceptors (Lipinski definition) is 5. The highest BCUT2D eigenvalue weighted by atomic mass is 16.7. The van der Waals surface area contributed by atoms with Gasteiger partial charge < -0.3 is 19.8 Å². The molecule has 1 rings (SSSR count). The van der Waals surface area contributed by atoms with Crippen molar-refractivity contribution in [2.75, 3.05) is 13.2 Å². The molecule has 0 aromatic heterocycles. The summed E-state index contributed by atoms with van der Waals surface area (Å²) in [4.78, 5) is 18.7. The molecule has 1 N–H and O–H groups in total. The summed E-state index contributed by atoms with van der Waals surface area (Å²) < 4.78 is 10.8. The molecular weight excluding hydrogens is 250 g/mol. The summed E-state index contributed by atoms with van der Waals surface area (Å²) in [7, 11) is 0. The van der Waals surface area contributed by atoms with Crippen LogP contribution in [0.2, 0.25) is 0 Å². The summed E-state index contributed by atoms with van der Waals surface area (Å²) in [5.41, 5.74) is 12.2. The van der Waals surface area contributed by atoms with Crippen LogP contribution < -0.4 is 5.48 Å². The molecule has 0 saturated heterocycles. The van der Waals surface area contributed by atoms with Gasteiger partial charge >= 0.3 is 11.7 Å². The molecule has 1 aliphatic carbocycles. The van der Waals surface area contributed by atoms with Crippen molar-refractivity contribution < 1.29 is 23.9 Å². The Balaban J connectivity index is 2.96. The van der Waals surface area contributed by atoms with E-state index in [9.17, 15) is 4.79 Å². The van der Waals surface area contributed by atoms with E-state index in [0.717, 1.165) is 0 Å². The smallest absolute Gasteiger partial charge is 0.329 e. The Bertz CT molecular complexity index is 450. The van der Waals surface area contributed by atoms with Crippen molar-refractivity contribution >= 4 is 11.7 Å². The van der Waals surface area contributed by atoms with Gasteiger partial charge in [0.15, 0.2) is 11.9 Å². The van der Waals surface area contributed by atoms with Crippen molar-refractivity contribution in [3.8, 4) is 0 Å². The van der Waals surface area contributed by atoms with Crippen molar-refractivity contribution in [2.45, 2.75) is 26.9 Å². The number of hydroxylamine groups is 1. The Hall–Kier alpha value is -2.11. The number of nitrogens with zero attached hydrogens (tertiary/aromatic N) is 2. The number of nitrogens with one attached hydrogen (secondary N) is 1. The summed E-state index contributed by atoms with van der Waals surface area (Å²) in [5.74, 6) is -0.0705. The Kier molecular flexibility index (Phi) is 5.78. The van der Waals surface area contributed by atoms with Crippen molar-refractivity contribution in [3.05, 3.63) is 29.1 Å². The molecular formula is C12H17N3O4. The topological polar surface area (TPSA) is 93.2 Å². The molecule has 0 amide bonds. The molecule has 19 heavy (non-hydrogen) atoms. The average molecular weight is 267 g/mol. The van der Waals surface area contributed by atoms with Gasteiger partial charge in [-0.2, -0.15) is 4.79 Å². The lowest BCUT2D eigenvalue weighted by molar-refractivity contribution is -0.146. The molecule has 1 unspecified atom stereocenters. The molecule has 0 aromatic rings. The minimum Gasteiger partial charge on any atom is -0.491 e. The van der Waals surface area contributed by atoms with Gasteiger partial charge in [-0.25, -0.2) is 5.48 Å². The maximum Gasteiger partial charge on any atom is 0.329 e. The van der Waals surface area contributed by atoms with E-state index in [4.69, 9.17) is 19.8 Å². The molecule has 7 heteroatoms. The third-order valence-electron chi connectivity index (χ3n) is 2.22. The van der Waals surface area contributed by atoms with Crippen molar-refractivity contribution in [1.82, 2.24) is 5.48 Å². The zero-order chi connectivity index (χ0) is 14.3.